The number of hydrogen-bond acceptors (Lipinski definition) is 5. The molecule has 156 valence electrons. The molecule has 0 unspecified atom stereocenters. The van der Waals surface area contributed by atoms with Crippen LogP contribution in [0.5, 0.6) is 0 Å². The van der Waals surface area contributed by atoms with E-state index in [4.69, 9.17) is 4.74 Å². The Labute approximate surface area is 175 Å². The summed E-state index contributed by atoms with van der Waals surface area (Å²) in [5.41, 5.74) is 2.12. The molecule has 0 spiro atoms. The molecule has 0 fully saturated rings. The van der Waals surface area contributed by atoms with Crippen LogP contribution in [0.3, 0.4) is 0 Å². The largest absolute Gasteiger partial charge is 0.451 e. The van der Waals surface area contributed by atoms with Crippen LogP contribution in [0.2, 0.25) is 0 Å². The molecule has 7 heteroatoms. The van der Waals surface area contributed by atoms with Crippen molar-refractivity contribution in [3.63, 3.8) is 0 Å². The highest BCUT2D eigenvalue weighted by Gasteiger charge is 2.33. The highest BCUT2D eigenvalue weighted by molar-refractivity contribution is 6.11. The molecule has 0 aliphatic carbocycles. The average molecular weight is 408 g/mol. The predicted octanol–water partition coefficient (Wildman–Crippen LogP) is 2.06. The second-order valence-electron chi connectivity index (χ2n) is 7.31. The summed E-state index contributed by atoms with van der Waals surface area (Å²) in [6.07, 6.45) is -0.995. The molecule has 2 aromatic carbocycles. The van der Waals surface area contributed by atoms with Crippen molar-refractivity contribution in [2.24, 2.45) is 0 Å². The third-order valence-electron chi connectivity index (χ3n) is 5.05. The van der Waals surface area contributed by atoms with Gasteiger partial charge in [-0.25, -0.2) is 0 Å². The molecule has 2 aromatic rings. The second-order valence-corrected chi connectivity index (χ2v) is 7.31. The smallest absolute Gasteiger partial charge is 0.326 e. The van der Waals surface area contributed by atoms with Gasteiger partial charge in [-0.1, -0.05) is 55.5 Å². The van der Waals surface area contributed by atoms with Gasteiger partial charge in [0.05, 0.1) is 6.42 Å². The summed E-state index contributed by atoms with van der Waals surface area (Å²) in [5.74, 6) is -2.15. The molecule has 1 heterocycles. The number of hydrogen-bond donors (Lipinski definition) is 1. The van der Waals surface area contributed by atoms with Crippen LogP contribution < -0.4 is 5.32 Å². The summed E-state index contributed by atoms with van der Waals surface area (Å²) in [6, 6.07) is 16.5. The van der Waals surface area contributed by atoms with Crippen molar-refractivity contribution >= 4 is 23.7 Å². The molecule has 3 amide bonds. The molecule has 1 aliphatic heterocycles. The minimum atomic E-state index is -1.04. The van der Waals surface area contributed by atoms with Crippen LogP contribution in [-0.4, -0.2) is 47.8 Å². The number of esters is 1. The summed E-state index contributed by atoms with van der Waals surface area (Å²) in [6.45, 7) is 3.31. The topological polar surface area (TPSA) is 92.8 Å². The molecular formula is C23H24N2O5. The quantitative estimate of drug-likeness (QED) is 0.559. The van der Waals surface area contributed by atoms with E-state index in [9.17, 15) is 19.2 Å². The molecule has 0 saturated heterocycles. The zero-order chi connectivity index (χ0) is 21.7. The maximum Gasteiger partial charge on any atom is 0.326 e. The van der Waals surface area contributed by atoms with Crippen LogP contribution in [0.15, 0.2) is 54.6 Å². The van der Waals surface area contributed by atoms with Crippen molar-refractivity contribution in [2.75, 3.05) is 13.1 Å². The van der Waals surface area contributed by atoms with E-state index in [1.807, 2.05) is 37.3 Å². The van der Waals surface area contributed by atoms with Gasteiger partial charge in [-0.2, -0.15) is 0 Å². The van der Waals surface area contributed by atoms with Gasteiger partial charge in [0.2, 0.25) is 5.91 Å². The SMILES string of the molecule is C[C@@H](OC(=O)CN1C(=O)Cc2ccccc2C1=O)C(=O)NC[C@H](C)c1ccccc1. The van der Waals surface area contributed by atoms with Crippen molar-refractivity contribution in [3.05, 3.63) is 71.3 Å². The minimum absolute atomic E-state index is 0.0443. The standard InChI is InChI=1S/C23H24N2O5/c1-15(17-8-4-3-5-9-17)13-24-22(28)16(2)30-21(27)14-25-20(26)12-18-10-6-7-11-19(18)23(25)29/h3-11,15-16H,12-14H2,1-2H3,(H,24,28)/t15-,16+/m0/s1. The van der Waals surface area contributed by atoms with Crippen molar-refractivity contribution in [1.29, 1.82) is 0 Å². The van der Waals surface area contributed by atoms with Gasteiger partial charge < -0.3 is 10.1 Å². The molecule has 0 saturated carbocycles. The highest BCUT2D eigenvalue weighted by Crippen LogP contribution is 2.19. The Kier molecular flexibility index (Phi) is 6.61. The first kappa shape index (κ1) is 21.2. The molecular weight excluding hydrogens is 384 g/mol. The average Bonchev–Trinajstić information content (AvgIpc) is 2.75. The molecule has 1 N–H and O–H groups in total. The number of benzene rings is 2. The lowest BCUT2D eigenvalue weighted by molar-refractivity contribution is -0.156. The fourth-order valence-corrected chi connectivity index (χ4v) is 3.27. The molecule has 7 nitrogen and oxygen atoms in total. The molecule has 3 rings (SSSR count). The van der Waals surface area contributed by atoms with Gasteiger partial charge in [0.25, 0.3) is 11.8 Å². The van der Waals surface area contributed by atoms with Crippen LogP contribution in [0, 0.1) is 0 Å². The lowest BCUT2D eigenvalue weighted by Crippen LogP contribution is -2.46. The Hall–Kier alpha value is -3.48. The van der Waals surface area contributed by atoms with Crippen LogP contribution in [-0.2, 0) is 25.5 Å². The maximum absolute atomic E-state index is 12.5. The van der Waals surface area contributed by atoms with E-state index in [0.717, 1.165) is 10.5 Å². The Morgan fingerprint density at radius 3 is 2.43 bits per heavy atom. The monoisotopic (exact) mass is 408 g/mol. The van der Waals surface area contributed by atoms with Crippen LogP contribution in [0.1, 0.15) is 41.3 Å². The Morgan fingerprint density at radius 2 is 1.70 bits per heavy atom. The third kappa shape index (κ3) is 4.92. The number of amides is 3. The third-order valence-corrected chi connectivity index (χ3v) is 5.05. The van der Waals surface area contributed by atoms with Crippen molar-refractivity contribution in [1.82, 2.24) is 10.2 Å². The number of carbonyl (C=O) groups is 4. The summed E-state index contributed by atoms with van der Waals surface area (Å²) in [5, 5.41) is 2.76. The minimum Gasteiger partial charge on any atom is -0.451 e. The first-order valence-corrected chi connectivity index (χ1v) is 9.81. The lowest BCUT2D eigenvalue weighted by atomic mass is 9.98. The number of imide groups is 1. The fourth-order valence-electron chi connectivity index (χ4n) is 3.27. The number of fused-ring (bicyclic) bond motifs is 1. The first-order chi connectivity index (χ1) is 14.4. The molecule has 2 atom stereocenters. The van der Waals surface area contributed by atoms with Crippen molar-refractivity contribution in [2.45, 2.75) is 32.3 Å². The van der Waals surface area contributed by atoms with Gasteiger partial charge in [-0.3, -0.25) is 24.1 Å². The maximum atomic E-state index is 12.5. The molecule has 0 radical (unpaired) electrons. The van der Waals surface area contributed by atoms with Crippen molar-refractivity contribution in [3.8, 4) is 0 Å². The molecule has 1 aliphatic rings. The van der Waals surface area contributed by atoms with Gasteiger partial charge in [-0.05, 0) is 30.0 Å². The van der Waals surface area contributed by atoms with Gasteiger partial charge >= 0.3 is 5.97 Å². The van der Waals surface area contributed by atoms with Gasteiger partial charge in [0, 0.05) is 12.1 Å². The number of nitrogens with one attached hydrogen (secondary N) is 1. The number of nitrogens with zero attached hydrogens (tertiary/aromatic N) is 1. The van der Waals surface area contributed by atoms with E-state index >= 15 is 0 Å². The fraction of sp³-hybridized carbons (Fsp3) is 0.304. The number of rotatable bonds is 7. The summed E-state index contributed by atoms with van der Waals surface area (Å²) >= 11 is 0. The van der Waals surface area contributed by atoms with E-state index in [1.165, 1.54) is 6.92 Å². The normalized spacial score (nSPS) is 15.2. The van der Waals surface area contributed by atoms with Crippen molar-refractivity contribution < 1.29 is 23.9 Å². The van der Waals surface area contributed by atoms with E-state index in [-0.39, 0.29) is 12.3 Å². The van der Waals surface area contributed by atoms with Crippen LogP contribution in [0.25, 0.3) is 0 Å². The molecule has 0 bridgehead atoms. The van der Waals surface area contributed by atoms with E-state index in [0.29, 0.717) is 17.7 Å². The zero-order valence-corrected chi connectivity index (χ0v) is 17.0. The molecule has 30 heavy (non-hydrogen) atoms. The van der Waals surface area contributed by atoms with Gasteiger partial charge in [0.1, 0.15) is 6.54 Å². The Morgan fingerprint density at radius 1 is 1.03 bits per heavy atom. The first-order valence-electron chi connectivity index (χ1n) is 9.81. The second kappa shape index (κ2) is 9.35. The van der Waals surface area contributed by atoms with Gasteiger partial charge in [0.15, 0.2) is 6.10 Å². The highest BCUT2D eigenvalue weighted by atomic mass is 16.5. The number of carbonyl (C=O) groups excluding carboxylic acids is 4. The Balaban J connectivity index is 1.51. The predicted molar refractivity (Wildman–Crippen MR) is 110 cm³/mol. The summed E-state index contributed by atoms with van der Waals surface area (Å²) < 4.78 is 5.14. The Bertz CT molecular complexity index is 957. The van der Waals surface area contributed by atoms with E-state index in [2.05, 4.69) is 5.32 Å². The van der Waals surface area contributed by atoms with Gasteiger partial charge in [-0.15, -0.1) is 0 Å². The summed E-state index contributed by atoms with van der Waals surface area (Å²) in [4.78, 5) is 50.1. The zero-order valence-electron chi connectivity index (χ0n) is 17.0. The molecule has 0 aromatic heterocycles. The lowest BCUT2D eigenvalue weighted by Gasteiger charge is -2.26. The number of ether oxygens (including phenoxy) is 1. The van der Waals surface area contributed by atoms with E-state index in [1.54, 1.807) is 24.3 Å². The van der Waals surface area contributed by atoms with Crippen LogP contribution in [0.4, 0.5) is 0 Å². The summed E-state index contributed by atoms with van der Waals surface area (Å²) in [7, 11) is 0. The van der Waals surface area contributed by atoms with Crippen LogP contribution >= 0.6 is 0 Å². The van der Waals surface area contributed by atoms with E-state index < -0.39 is 36.3 Å².